The Labute approximate surface area is 137 Å². The van der Waals surface area contributed by atoms with E-state index in [4.69, 9.17) is 0 Å². The Bertz CT molecular complexity index is 584. The van der Waals surface area contributed by atoms with Crippen LogP contribution in [-0.4, -0.2) is 24.7 Å². The van der Waals surface area contributed by atoms with Crippen molar-refractivity contribution in [2.45, 2.75) is 24.7 Å². The Morgan fingerprint density at radius 1 is 0.462 bits per heavy atom. The second-order valence-corrected chi connectivity index (χ2v) is 4.77. The Balaban J connectivity index is 3.31. The molecule has 0 amide bonds. The second kappa shape index (κ2) is 6.88. The average Bonchev–Trinajstić information content (AvgIpc) is 2.38. The highest BCUT2D eigenvalue weighted by Crippen LogP contribution is 2.41. The predicted octanol–water partition coefficient (Wildman–Crippen LogP) is 6.70. The zero-order valence-electron chi connectivity index (χ0n) is 12.0. The average molecular weight is 402 g/mol. The molecule has 0 radical (unpaired) electrons. The smallest absolute Gasteiger partial charge is 0.166 e. The van der Waals surface area contributed by atoms with Crippen LogP contribution < -0.4 is 0 Å². The third kappa shape index (κ3) is 5.99. The van der Waals surface area contributed by atoms with Gasteiger partial charge in [0.25, 0.3) is 0 Å². The summed E-state index contributed by atoms with van der Waals surface area (Å²) in [7, 11) is 0. The van der Waals surface area contributed by atoms with Gasteiger partial charge in [0.05, 0.1) is 0 Å². The molecule has 0 spiro atoms. The van der Waals surface area contributed by atoms with E-state index in [-0.39, 0.29) is 12.2 Å². The number of hydrogen-bond acceptors (Lipinski definition) is 0. The summed E-state index contributed by atoms with van der Waals surface area (Å²) in [4.78, 5) is 0. The van der Waals surface area contributed by atoms with E-state index in [0.717, 1.165) is 0 Å². The SMILES string of the molecule is FC(F)(F)C(=Cc1ccc(C=C(C(F)(F)F)C(F)(F)F)cc1)C(F)(F)F. The largest absolute Gasteiger partial charge is 0.421 e. The molecule has 146 valence electrons. The molecular formula is C14H6F12. The standard InChI is InChI=1S/C14H6F12/c15-11(16,17)9(12(18,19)20)5-7-1-2-8(4-3-7)6-10(13(21,22)23)14(24,25)26/h1-6H. The molecule has 1 aromatic rings. The van der Waals surface area contributed by atoms with Crippen LogP contribution in [0.25, 0.3) is 12.2 Å². The number of rotatable bonds is 2. The first-order valence-corrected chi connectivity index (χ1v) is 6.24. The van der Waals surface area contributed by atoms with Gasteiger partial charge in [0.2, 0.25) is 0 Å². The number of allylic oxidation sites excluding steroid dienone is 2. The summed E-state index contributed by atoms with van der Waals surface area (Å²) in [6, 6.07) is 2.09. The maximum absolute atomic E-state index is 12.4. The van der Waals surface area contributed by atoms with Crippen LogP contribution in [0.15, 0.2) is 35.4 Å². The fourth-order valence-corrected chi connectivity index (χ4v) is 1.67. The molecular weight excluding hydrogens is 396 g/mol. The molecule has 0 aliphatic heterocycles. The van der Waals surface area contributed by atoms with Gasteiger partial charge >= 0.3 is 24.7 Å². The van der Waals surface area contributed by atoms with Crippen molar-refractivity contribution in [2.75, 3.05) is 0 Å². The number of halogens is 12. The lowest BCUT2D eigenvalue weighted by molar-refractivity contribution is -0.172. The summed E-state index contributed by atoms with van der Waals surface area (Å²) in [5.74, 6) is 0. The number of hydrogen-bond donors (Lipinski definition) is 0. The predicted molar refractivity (Wildman–Crippen MR) is 66.6 cm³/mol. The van der Waals surface area contributed by atoms with Gasteiger partial charge in [-0.1, -0.05) is 24.3 Å². The van der Waals surface area contributed by atoms with Gasteiger partial charge in [-0.05, 0) is 23.3 Å². The summed E-state index contributed by atoms with van der Waals surface area (Å²) < 4.78 is 148. The fourth-order valence-electron chi connectivity index (χ4n) is 1.67. The Morgan fingerprint density at radius 2 is 0.654 bits per heavy atom. The van der Waals surface area contributed by atoms with E-state index in [1.54, 1.807) is 0 Å². The van der Waals surface area contributed by atoms with E-state index >= 15 is 0 Å². The van der Waals surface area contributed by atoms with E-state index in [2.05, 4.69) is 0 Å². The molecule has 0 bridgehead atoms. The van der Waals surface area contributed by atoms with Gasteiger partial charge in [0, 0.05) is 0 Å². The fraction of sp³-hybridized carbons (Fsp3) is 0.286. The lowest BCUT2D eigenvalue weighted by Gasteiger charge is -2.15. The van der Waals surface area contributed by atoms with Gasteiger partial charge < -0.3 is 0 Å². The van der Waals surface area contributed by atoms with Crippen LogP contribution in [0.3, 0.4) is 0 Å². The molecule has 0 atom stereocenters. The Kier molecular flexibility index (Phi) is 5.79. The molecule has 0 nitrogen and oxygen atoms in total. The molecule has 0 saturated heterocycles. The highest BCUT2D eigenvalue weighted by molar-refractivity contribution is 5.61. The second-order valence-electron chi connectivity index (χ2n) is 4.77. The molecule has 26 heavy (non-hydrogen) atoms. The summed E-state index contributed by atoms with van der Waals surface area (Å²) in [5, 5.41) is 0. The van der Waals surface area contributed by atoms with Crippen LogP contribution in [0.1, 0.15) is 11.1 Å². The third-order valence-electron chi connectivity index (χ3n) is 2.78. The van der Waals surface area contributed by atoms with E-state index < -0.39 is 47.0 Å². The van der Waals surface area contributed by atoms with Crippen LogP contribution in [0, 0.1) is 0 Å². The lowest BCUT2D eigenvalue weighted by atomic mass is 10.1. The maximum Gasteiger partial charge on any atom is 0.421 e. The van der Waals surface area contributed by atoms with Crippen molar-refractivity contribution >= 4 is 12.2 Å². The van der Waals surface area contributed by atoms with Gasteiger partial charge in [-0.3, -0.25) is 0 Å². The first-order valence-electron chi connectivity index (χ1n) is 6.24. The monoisotopic (exact) mass is 402 g/mol. The molecule has 1 aromatic carbocycles. The highest BCUT2D eigenvalue weighted by atomic mass is 19.4. The summed E-state index contributed by atoms with van der Waals surface area (Å²) >= 11 is 0. The third-order valence-corrected chi connectivity index (χ3v) is 2.78. The van der Waals surface area contributed by atoms with E-state index in [0.29, 0.717) is 24.3 Å². The molecule has 0 aliphatic rings. The molecule has 0 unspecified atom stereocenters. The van der Waals surface area contributed by atoms with Crippen molar-refractivity contribution in [3.05, 3.63) is 46.5 Å². The maximum atomic E-state index is 12.4. The van der Waals surface area contributed by atoms with E-state index in [9.17, 15) is 52.7 Å². The molecule has 0 heterocycles. The highest BCUT2D eigenvalue weighted by Gasteiger charge is 2.51. The number of alkyl halides is 12. The minimum absolute atomic E-state index is 0.318. The molecule has 0 N–H and O–H groups in total. The Morgan fingerprint density at radius 3 is 0.808 bits per heavy atom. The molecule has 0 aromatic heterocycles. The van der Waals surface area contributed by atoms with Gasteiger partial charge in [-0.25, -0.2) is 0 Å². The molecule has 0 aliphatic carbocycles. The van der Waals surface area contributed by atoms with Gasteiger partial charge in [-0.2, -0.15) is 52.7 Å². The van der Waals surface area contributed by atoms with Crippen molar-refractivity contribution in [1.29, 1.82) is 0 Å². The summed E-state index contributed by atoms with van der Waals surface area (Å²) in [5.41, 5.74) is -7.18. The van der Waals surface area contributed by atoms with Crippen LogP contribution in [-0.2, 0) is 0 Å². The zero-order valence-corrected chi connectivity index (χ0v) is 12.0. The summed E-state index contributed by atoms with van der Waals surface area (Å²) in [6.45, 7) is 0. The van der Waals surface area contributed by atoms with Crippen molar-refractivity contribution < 1.29 is 52.7 Å². The van der Waals surface area contributed by atoms with Gasteiger partial charge in [-0.15, -0.1) is 0 Å². The molecule has 0 fully saturated rings. The van der Waals surface area contributed by atoms with Gasteiger partial charge in [0.15, 0.2) is 0 Å². The van der Waals surface area contributed by atoms with Crippen LogP contribution in [0.4, 0.5) is 52.7 Å². The Hall–Kier alpha value is -2.14. The molecule has 1 rings (SSSR count). The van der Waals surface area contributed by atoms with Crippen molar-refractivity contribution in [1.82, 2.24) is 0 Å². The molecule has 0 saturated carbocycles. The van der Waals surface area contributed by atoms with E-state index in [1.165, 1.54) is 0 Å². The topological polar surface area (TPSA) is 0 Å². The van der Waals surface area contributed by atoms with Crippen molar-refractivity contribution in [2.24, 2.45) is 0 Å². The molecule has 12 heteroatoms. The first-order chi connectivity index (χ1) is 11.4. The lowest BCUT2D eigenvalue weighted by Crippen LogP contribution is -2.26. The summed E-state index contributed by atoms with van der Waals surface area (Å²) in [6.07, 6.45) is -23.6. The number of benzene rings is 1. The van der Waals surface area contributed by atoms with Crippen LogP contribution in [0.5, 0.6) is 0 Å². The zero-order chi connectivity index (χ0) is 20.6. The first kappa shape index (κ1) is 21.9. The van der Waals surface area contributed by atoms with Crippen molar-refractivity contribution in [3.63, 3.8) is 0 Å². The van der Waals surface area contributed by atoms with E-state index in [1.807, 2.05) is 0 Å². The van der Waals surface area contributed by atoms with Crippen LogP contribution in [0.2, 0.25) is 0 Å². The van der Waals surface area contributed by atoms with Gasteiger partial charge in [0.1, 0.15) is 11.1 Å². The van der Waals surface area contributed by atoms with Crippen LogP contribution >= 0.6 is 0 Å². The minimum Gasteiger partial charge on any atom is -0.166 e. The normalized spacial score (nSPS) is 13.4. The van der Waals surface area contributed by atoms with Crippen molar-refractivity contribution in [3.8, 4) is 0 Å². The minimum atomic E-state index is -5.75. The quantitative estimate of drug-likeness (QED) is 0.483.